The quantitative estimate of drug-likeness (QED) is 0.795. The summed E-state index contributed by atoms with van der Waals surface area (Å²) in [4.78, 5) is 16.7. The molecule has 1 N–H and O–H groups in total. The minimum Gasteiger partial charge on any atom is -0.352 e. The van der Waals surface area contributed by atoms with E-state index < -0.39 is 0 Å². The summed E-state index contributed by atoms with van der Waals surface area (Å²) in [6, 6.07) is 10.2. The fourth-order valence-electron chi connectivity index (χ4n) is 3.35. The lowest BCUT2D eigenvalue weighted by atomic mass is 9.95. The SMILES string of the molecule is Cc1nccn1-c1ccc(CNC(=O)C2CCn3nccc3C2)cc1. The van der Waals surface area contributed by atoms with Gasteiger partial charge in [-0.15, -0.1) is 0 Å². The first-order valence-electron chi connectivity index (χ1n) is 8.58. The van der Waals surface area contributed by atoms with E-state index in [1.807, 2.05) is 40.6 Å². The maximum atomic E-state index is 12.4. The first kappa shape index (κ1) is 15.6. The van der Waals surface area contributed by atoms with E-state index in [0.717, 1.165) is 42.2 Å². The predicted molar refractivity (Wildman–Crippen MR) is 94.2 cm³/mol. The number of nitrogens with one attached hydrogen (secondary N) is 1. The molecule has 0 spiro atoms. The number of hydrogen-bond acceptors (Lipinski definition) is 3. The molecule has 3 aromatic rings. The highest BCUT2D eigenvalue weighted by atomic mass is 16.1. The molecule has 128 valence electrons. The highest BCUT2D eigenvalue weighted by molar-refractivity contribution is 5.79. The minimum absolute atomic E-state index is 0.0390. The van der Waals surface area contributed by atoms with Gasteiger partial charge in [0.05, 0.1) is 0 Å². The van der Waals surface area contributed by atoms with Crippen molar-refractivity contribution in [2.75, 3.05) is 0 Å². The average Bonchev–Trinajstić information content (AvgIpc) is 3.28. The van der Waals surface area contributed by atoms with Gasteiger partial charge in [0.15, 0.2) is 0 Å². The molecule has 6 nitrogen and oxygen atoms in total. The molecule has 3 heterocycles. The normalized spacial score (nSPS) is 16.4. The number of amides is 1. The van der Waals surface area contributed by atoms with Crippen LogP contribution in [0.5, 0.6) is 0 Å². The zero-order valence-corrected chi connectivity index (χ0v) is 14.2. The molecule has 1 aliphatic heterocycles. The van der Waals surface area contributed by atoms with Crippen molar-refractivity contribution in [3.63, 3.8) is 0 Å². The van der Waals surface area contributed by atoms with Crippen molar-refractivity contribution in [2.45, 2.75) is 32.9 Å². The van der Waals surface area contributed by atoms with E-state index in [1.165, 1.54) is 0 Å². The van der Waals surface area contributed by atoms with Crippen LogP contribution in [0, 0.1) is 12.8 Å². The summed E-state index contributed by atoms with van der Waals surface area (Å²) in [5.74, 6) is 1.12. The maximum absolute atomic E-state index is 12.4. The molecular weight excluding hydrogens is 314 g/mol. The van der Waals surface area contributed by atoms with E-state index in [0.29, 0.717) is 6.54 Å². The number of nitrogens with zero attached hydrogens (tertiary/aromatic N) is 4. The van der Waals surface area contributed by atoms with E-state index in [4.69, 9.17) is 0 Å². The van der Waals surface area contributed by atoms with Crippen molar-refractivity contribution >= 4 is 5.91 Å². The van der Waals surface area contributed by atoms with Crippen molar-refractivity contribution in [3.05, 3.63) is 66.0 Å². The van der Waals surface area contributed by atoms with Gasteiger partial charge in [0.1, 0.15) is 5.82 Å². The second-order valence-corrected chi connectivity index (χ2v) is 6.46. The van der Waals surface area contributed by atoms with Gasteiger partial charge >= 0.3 is 0 Å². The number of fused-ring (bicyclic) bond motifs is 1. The van der Waals surface area contributed by atoms with Crippen LogP contribution in [0.25, 0.3) is 5.69 Å². The molecule has 2 aromatic heterocycles. The van der Waals surface area contributed by atoms with E-state index >= 15 is 0 Å². The molecule has 0 bridgehead atoms. The Balaban J connectivity index is 1.35. The van der Waals surface area contributed by atoms with Gasteiger partial charge in [-0.2, -0.15) is 5.10 Å². The second kappa shape index (κ2) is 6.55. The molecule has 1 unspecified atom stereocenters. The molecule has 0 saturated carbocycles. The zero-order valence-electron chi connectivity index (χ0n) is 14.2. The minimum atomic E-state index is 0.0390. The third-order valence-corrected chi connectivity index (χ3v) is 4.83. The summed E-state index contributed by atoms with van der Waals surface area (Å²) in [5.41, 5.74) is 3.31. The Bertz CT molecular complexity index is 877. The van der Waals surface area contributed by atoms with Crippen LogP contribution in [0.4, 0.5) is 0 Å². The first-order chi connectivity index (χ1) is 12.2. The van der Waals surface area contributed by atoms with Crippen LogP contribution in [-0.2, 0) is 24.3 Å². The van der Waals surface area contributed by atoms with Crippen LogP contribution in [0.2, 0.25) is 0 Å². The Morgan fingerprint density at radius 3 is 2.84 bits per heavy atom. The molecule has 1 atom stereocenters. The predicted octanol–water partition coefficient (Wildman–Crippen LogP) is 2.26. The van der Waals surface area contributed by atoms with Crippen molar-refractivity contribution in [1.82, 2.24) is 24.6 Å². The average molecular weight is 335 g/mol. The summed E-state index contributed by atoms with van der Waals surface area (Å²) >= 11 is 0. The number of carbonyl (C=O) groups is 1. The number of carbonyl (C=O) groups excluding carboxylic acids is 1. The maximum Gasteiger partial charge on any atom is 0.223 e. The van der Waals surface area contributed by atoms with E-state index in [1.54, 1.807) is 12.4 Å². The molecule has 1 amide bonds. The van der Waals surface area contributed by atoms with Gasteiger partial charge in [0.2, 0.25) is 5.91 Å². The lowest BCUT2D eigenvalue weighted by Gasteiger charge is -2.22. The molecule has 1 aliphatic rings. The zero-order chi connectivity index (χ0) is 17.2. The van der Waals surface area contributed by atoms with Gasteiger partial charge in [-0.1, -0.05) is 12.1 Å². The molecule has 1 aromatic carbocycles. The van der Waals surface area contributed by atoms with Gasteiger partial charge in [0, 0.05) is 55.4 Å². The molecular formula is C19H21N5O. The van der Waals surface area contributed by atoms with Crippen LogP contribution in [0.3, 0.4) is 0 Å². The number of aryl methyl sites for hydroxylation is 2. The van der Waals surface area contributed by atoms with Gasteiger partial charge in [0.25, 0.3) is 0 Å². The Morgan fingerprint density at radius 1 is 1.24 bits per heavy atom. The topological polar surface area (TPSA) is 64.7 Å². The van der Waals surface area contributed by atoms with Crippen LogP contribution < -0.4 is 5.32 Å². The van der Waals surface area contributed by atoms with Gasteiger partial charge in [-0.25, -0.2) is 4.98 Å². The highest BCUT2D eigenvalue weighted by Gasteiger charge is 2.24. The molecule has 25 heavy (non-hydrogen) atoms. The summed E-state index contributed by atoms with van der Waals surface area (Å²) in [5, 5.41) is 7.33. The number of hydrogen-bond donors (Lipinski definition) is 1. The summed E-state index contributed by atoms with van der Waals surface area (Å²) < 4.78 is 4.02. The largest absolute Gasteiger partial charge is 0.352 e. The Morgan fingerprint density at radius 2 is 2.08 bits per heavy atom. The molecule has 0 aliphatic carbocycles. The molecule has 6 heteroatoms. The number of rotatable bonds is 4. The van der Waals surface area contributed by atoms with Gasteiger partial charge in [-0.05, 0) is 37.1 Å². The lowest BCUT2D eigenvalue weighted by Crippen LogP contribution is -2.35. The summed E-state index contributed by atoms with van der Waals surface area (Å²) in [7, 11) is 0. The molecule has 0 saturated heterocycles. The highest BCUT2D eigenvalue weighted by Crippen LogP contribution is 2.20. The Kier molecular flexibility index (Phi) is 4.09. The number of benzene rings is 1. The van der Waals surface area contributed by atoms with E-state index in [-0.39, 0.29) is 11.8 Å². The van der Waals surface area contributed by atoms with Crippen LogP contribution >= 0.6 is 0 Å². The molecule has 4 rings (SSSR count). The van der Waals surface area contributed by atoms with Crippen LogP contribution in [0.15, 0.2) is 48.9 Å². The van der Waals surface area contributed by atoms with Crippen LogP contribution in [0.1, 0.15) is 23.5 Å². The second-order valence-electron chi connectivity index (χ2n) is 6.46. The van der Waals surface area contributed by atoms with Crippen molar-refractivity contribution in [1.29, 1.82) is 0 Å². The van der Waals surface area contributed by atoms with Crippen molar-refractivity contribution in [3.8, 4) is 5.69 Å². The summed E-state index contributed by atoms with van der Waals surface area (Å²) in [6.07, 6.45) is 7.16. The monoisotopic (exact) mass is 335 g/mol. The van der Waals surface area contributed by atoms with Crippen LogP contribution in [-0.4, -0.2) is 25.2 Å². The standard InChI is InChI=1S/C19H21N5O/c1-14-20-9-11-23(14)17-4-2-15(3-5-17)13-21-19(25)16-7-10-24-18(12-16)6-8-22-24/h2-6,8-9,11,16H,7,10,12-13H2,1H3,(H,21,25). The smallest absolute Gasteiger partial charge is 0.223 e. The Labute approximate surface area is 146 Å². The lowest BCUT2D eigenvalue weighted by molar-refractivity contribution is -0.125. The van der Waals surface area contributed by atoms with Crippen molar-refractivity contribution in [2.24, 2.45) is 5.92 Å². The first-order valence-corrected chi connectivity index (χ1v) is 8.58. The summed E-state index contributed by atoms with van der Waals surface area (Å²) in [6.45, 7) is 3.35. The number of aromatic nitrogens is 4. The van der Waals surface area contributed by atoms with Gasteiger partial charge in [-0.3, -0.25) is 9.48 Å². The Hall–Kier alpha value is -2.89. The third-order valence-electron chi connectivity index (χ3n) is 4.83. The van der Waals surface area contributed by atoms with Crippen molar-refractivity contribution < 1.29 is 4.79 Å². The fourth-order valence-corrected chi connectivity index (χ4v) is 3.35. The fraction of sp³-hybridized carbons (Fsp3) is 0.316. The number of imidazole rings is 1. The molecule has 0 radical (unpaired) electrons. The van der Waals surface area contributed by atoms with E-state index in [9.17, 15) is 4.79 Å². The third kappa shape index (κ3) is 3.20. The molecule has 0 fully saturated rings. The van der Waals surface area contributed by atoms with Gasteiger partial charge < -0.3 is 9.88 Å². The van der Waals surface area contributed by atoms with E-state index in [2.05, 4.69) is 27.5 Å².